The van der Waals surface area contributed by atoms with Gasteiger partial charge in [-0.25, -0.2) is 0 Å². The Bertz CT molecular complexity index is 816. The van der Waals surface area contributed by atoms with Gasteiger partial charge in [-0.15, -0.1) is 24.0 Å². The summed E-state index contributed by atoms with van der Waals surface area (Å²) in [6.07, 6.45) is 0. The first-order valence-electron chi connectivity index (χ1n) is 8.64. The lowest BCUT2D eigenvalue weighted by atomic mass is 10.1. The van der Waals surface area contributed by atoms with Crippen LogP contribution in [0.5, 0.6) is 17.2 Å². The molecule has 0 radical (unpaired) electrons. The van der Waals surface area contributed by atoms with Gasteiger partial charge in [-0.2, -0.15) is 0 Å². The Morgan fingerprint density at radius 1 is 0.931 bits per heavy atom. The number of hydrogen-bond acceptors (Lipinski definition) is 5. The van der Waals surface area contributed by atoms with E-state index >= 15 is 0 Å². The topological polar surface area (TPSA) is 107 Å². The fraction of sp³-hybridized carbons (Fsp3) is 0.300. The number of nitrogens with zero attached hydrogens (tertiary/aromatic N) is 1. The van der Waals surface area contributed by atoms with E-state index in [9.17, 15) is 4.79 Å². The van der Waals surface area contributed by atoms with E-state index in [1.54, 1.807) is 40.5 Å². The Morgan fingerprint density at radius 3 is 1.86 bits per heavy atom. The van der Waals surface area contributed by atoms with Gasteiger partial charge >= 0.3 is 0 Å². The Labute approximate surface area is 187 Å². The molecular weight excluding hydrogens is 487 g/mol. The number of nitrogens with one attached hydrogen (secondary N) is 2. The number of carbonyl (C=O) groups is 1. The van der Waals surface area contributed by atoms with Crippen molar-refractivity contribution in [2.24, 2.45) is 10.7 Å². The lowest BCUT2D eigenvalue weighted by molar-refractivity contribution is 0.100. The standard InChI is InChI=1S/C20H26N4O4.HI/c1-22-20(23-11-13-5-7-15(8-6-13)19(21)25)24-12-14-9-16(26-2)18(28-4)17(10-14)27-3;/h5-10H,11-12H2,1-4H3,(H2,21,25)(H2,22,23,24);1H. The van der Waals surface area contributed by atoms with Crippen molar-refractivity contribution in [1.29, 1.82) is 0 Å². The molecular formula is C20H27IN4O4. The second-order valence-corrected chi connectivity index (χ2v) is 5.87. The number of guanidine groups is 1. The monoisotopic (exact) mass is 514 g/mol. The molecule has 8 nitrogen and oxygen atoms in total. The number of hydrogen-bond donors (Lipinski definition) is 3. The van der Waals surface area contributed by atoms with E-state index in [0.29, 0.717) is 41.9 Å². The molecule has 158 valence electrons. The van der Waals surface area contributed by atoms with E-state index in [2.05, 4.69) is 15.6 Å². The van der Waals surface area contributed by atoms with E-state index in [1.165, 1.54) is 0 Å². The molecule has 0 aromatic heterocycles. The molecule has 9 heteroatoms. The van der Waals surface area contributed by atoms with Crippen LogP contribution in [0.25, 0.3) is 0 Å². The second-order valence-electron chi connectivity index (χ2n) is 5.87. The van der Waals surface area contributed by atoms with Gasteiger partial charge in [-0.1, -0.05) is 12.1 Å². The third-order valence-electron chi connectivity index (χ3n) is 4.11. The zero-order chi connectivity index (χ0) is 20.5. The smallest absolute Gasteiger partial charge is 0.248 e. The number of carbonyl (C=O) groups excluding carboxylic acids is 1. The minimum Gasteiger partial charge on any atom is -0.493 e. The number of methoxy groups -OCH3 is 3. The van der Waals surface area contributed by atoms with E-state index in [-0.39, 0.29) is 24.0 Å². The van der Waals surface area contributed by atoms with E-state index in [0.717, 1.165) is 11.1 Å². The highest BCUT2D eigenvalue weighted by atomic mass is 127. The van der Waals surface area contributed by atoms with Crippen LogP contribution in [0, 0.1) is 0 Å². The number of ether oxygens (including phenoxy) is 3. The minimum atomic E-state index is -0.442. The van der Waals surface area contributed by atoms with Crippen LogP contribution in [-0.4, -0.2) is 40.2 Å². The molecule has 0 spiro atoms. The first-order valence-corrected chi connectivity index (χ1v) is 8.64. The molecule has 2 aromatic carbocycles. The second kappa shape index (κ2) is 12.0. The molecule has 0 aliphatic heterocycles. The summed E-state index contributed by atoms with van der Waals surface area (Å²) in [5.74, 6) is 1.93. The highest BCUT2D eigenvalue weighted by Gasteiger charge is 2.13. The molecule has 0 bridgehead atoms. The number of rotatable bonds is 8. The van der Waals surface area contributed by atoms with Crippen LogP contribution in [0.2, 0.25) is 0 Å². The maximum Gasteiger partial charge on any atom is 0.248 e. The van der Waals surface area contributed by atoms with Crippen molar-refractivity contribution in [2.75, 3.05) is 28.4 Å². The van der Waals surface area contributed by atoms with Crippen LogP contribution in [0.4, 0.5) is 0 Å². The third-order valence-corrected chi connectivity index (χ3v) is 4.11. The molecule has 0 saturated heterocycles. The van der Waals surface area contributed by atoms with Crippen molar-refractivity contribution in [1.82, 2.24) is 10.6 Å². The number of amides is 1. The van der Waals surface area contributed by atoms with Gasteiger partial charge in [0.25, 0.3) is 0 Å². The van der Waals surface area contributed by atoms with Gasteiger partial charge in [-0.05, 0) is 35.4 Å². The van der Waals surface area contributed by atoms with Crippen LogP contribution in [0.1, 0.15) is 21.5 Å². The number of benzene rings is 2. The molecule has 0 aliphatic rings. The van der Waals surface area contributed by atoms with Gasteiger partial charge in [0, 0.05) is 25.7 Å². The fourth-order valence-electron chi connectivity index (χ4n) is 2.62. The molecule has 2 rings (SSSR count). The van der Waals surface area contributed by atoms with Crippen LogP contribution < -0.4 is 30.6 Å². The normalized spacial score (nSPS) is 10.6. The lowest BCUT2D eigenvalue weighted by Gasteiger charge is -2.16. The molecule has 4 N–H and O–H groups in total. The Morgan fingerprint density at radius 2 is 1.45 bits per heavy atom. The summed E-state index contributed by atoms with van der Waals surface area (Å²) in [5.41, 5.74) is 7.68. The molecule has 0 heterocycles. The van der Waals surface area contributed by atoms with Crippen molar-refractivity contribution < 1.29 is 19.0 Å². The molecule has 1 amide bonds. The average molecular weight is 514 g/mol. The van der Waals surface area contributed by atoms with E-state index < -0.39 is 5.91 Å². The van der Waals surface area contributed by atoms with Crippen LogP contribution in [0.3, 0.4) is 0 Å². The fourth-order valence-corrected chi connectivity index (χ4v) is 2.62. The summed E-state index contributed by atoms with van der Waals surface area (Å²) in [7, 11) is 6.43. The van der Waals surface area contributed by atoms with Gasteiger partial charge in [0.15, 0.2) is 17.5 Å². The summed E-state index contributed by atoms with van der Waals surface area (Å²) < 4.78 is 16.1. The maximum atomic E-state index is 11.1. The SMILES string of the molecule is CN=C(NCc1ccc(C(N)=O)cc1)NCc1cc(OC)c(OC)c(OC)c1.I. The highest BCUT2D eigenvalue weighted by molar-refractivity contribution is 14.0. The van der Waals surface area contributed by atoms with Gasteiger partial charge in [0.1, 0.15) is 0 Å². The highest BCUT2D eigenvalue weighted by Crippen LogP contribution is 2.38. The molecule has 0 fully saturated rings. The maximum absolute atomic E-state index is 11.1. The number of aliphatic imine (C=N–C) groups is 1. The zero-order valence-corrected chi connectivity index (χ0v) is 19.3. The van der Waals surface area contributed by atoms with Crippen LogP contribution in [0.15, 0.2) is 41.4 Å². The number of primary amides is 1. The Hall–Kier alpha value is -2.69. The molecule has 0 saturated carbocycles. The first-order chi connectivity index (χ1) is 13.5. The minimum absolute atomic E-state index is 0. The summed E-state index contributed by atoms with van der Waals surface area (Å²) in [4.78, 5) is 15.3. The molecule has 0 atom stereocenters. The number of nitrogens with two attached hydrogens (primary N) is 1. The van der Waals surface area contributed by atoms with E-state index in [4.69, 9.17) is 19.9 Å². The van der Waals surface area contributed by atoms with Crippen LogP contribution >= 0.6 is 24.0 Å². The lowest BCUT2D eigenvalue weighted by Crippen LogP contribution is -2.36. The van der Waals surface area contributed by atoms with Crippen molar-refractivity contribution in [3.05, 3.63) is 53.1 Å². The van der Waals surface area contributed by atoms with Crippen LogP contribution in [-0.2, 0) is 13.1 Å². The molecule has 0 unspecified atom stereocenters. The molecule has 2 aromatic rings. The van der Waals surface area contributed by atoms with Crippen molar-refractivity contribution in [3.63, 3.8) is 0 Å². The summed E-state index contributed by atoms with van der Waals surface area (Å²) in [6, 6.07) is 10.9. The van der Waals surface area contributed by atoms with Gasteiger partial charge < -0.3 is 30.6 Å². The summed E-state index contributed by atoms with van der Waals surface area (Å²) in [6.45, 7) is 1.06. The predicted molar refractivity (Wildman–Crippen MR) is 124 cm³/mol. The molecule has 29 heavy (non-hydrogen) atoms. The van der Waals surface area contributed by atoms with Gasteiger partial charge in [-0.3, -0.25) is 9.79 Å². The van der Waals surface area contributed by atoms with Crippen molar-refractivity contribution >= 4 is 35.8 Å². The van der Waals surface area contributed by atoms with Crippen molar-refractivity contribution in [2.45, 2.75) is 13.1 Å². The quantitative estimate of drug-likeness (QED) is 0.284. The van der Waals surface area contributed by atoms with E-state index in [1.807, 2.05) is 24.3 Å². The molecule has 0 aliphatic carbocycles. The zero-order valence-electron chi connectivity index (χ0n) is 16.9. The Kier molecular flexibility index (Phi) is 10.1. The summed E-state index contributed by atoms with van der Waals surface area (Å²) >= 11 is 0. The van der Waals surface area contributed by atoms with Gasteiger partial charge in [0.2, 0.25) is 11.7 Å². The third kappa shape index (κ3) is 6.70. The first kappa shape index (κ1) is 24.3. The van der Waals surface area contributed by atoms with Gasteiger partial charge in [0.05, 0.1) is 21.3 Å². The number of halogens is 1. The van der Waals surface area contributed by atoms with Crippen molar-refractivity contribution in [3.8, 4) is 17.2 Å². The largest absolute Gasteiger partial charge is 0.493 e. The Balaban J connectivity index is 0.00000420. The average Bonchev–Trinajstić information content (AvgIpc) is 2.73. The predicted octanol–water partition coefficient (Wildman–Crippen LogP) is 2.29. The summed E-state index contributed by atoms with van der Waals surface area (Å²) in [5, 5.41) is 6.46.